The number of hydrogen-bond acceptors (Lipinski definition) is 3. The van der Waals surface area contributed by atoms with Crippen LogP contribution in [0.5, 0.6) is 5.75 Å². The summed E-state index contributed by atoms with van der Waals surface area (Å²) >= 11 is 1.98. The maximum absolute atomic E-state index is 12.1. The highest BCUT2D eigenvalue weighted by Gasteiger charge is 2.10. The molecule has 2 N–H and O–H groups in total. The Bertz CT molecular complexity index is 720. The molecule has 2 aromatic carbocycles. The number of carbonyl (C=O) groups is 1. The van der Waals surface area contributed by atoms with E-state index in [0.717, 1.165) is 5.56 Å². The second-order valence-corrected chi connectivity index (χ2v) is 5.42. The Hall–Kier alpha value is -2.07. The van der Waals surface area contributed by atoms with Crippen molar-refractivity contribution >= 4 is 34.2 Å². The number of halogens is 1. The van der Waals surface area contributed by atoms with E-state index in [0.29, 0.717) is 20.4 Å². The van der Waals surface area contributed by atoms with Gasteiger partial charge in [-0.05, 0) is 65.4 Å². The highest BCUT2D eigenvalue weighted by Crippen LogP contribution is 2.22. The minimum Gasteiger partial charge on any atom is -0.507 e. The molecule has 1 amide bonds. The van der Waals surface area contributed by atoms with Crippen LogP contribution in [0.3, 0.4) is 0 Å². The van der Waals surface area contributed by atoms with Gasteiger partial charge in [0.2, 0.25) is 0 Å². The largest absolute Gasteiger partial charge is 0.507 e. The zero-order valence-corrected chi connectivity index (χ0v) is 12.8. The molecule has 0 saturated heterocycles. The molecule has 0 bridgehead atoms. The van der Waals surface area contributed by atoms with Crippen molar-refractivity contribution in [2.45, 2.75) is 6.92 Å². The van der Waals surface area contributed by atoms with E-state index in [2.05, 4.69) is 5.32 Å². The number of anilines is 1. The molecule has 100 valence electrons. The molecule has 0 spiro atoms. The molecule has 0 radical (unpaired) electrons. The predicted molar refractivity (Wildman–Crippen MR) is 84.7 cm³/mol. The molecular formula is C15H11IN2O2. The van der Waals surface area contributed by atoms with Crippen LogP contribution >= 0.6 is 22.6 Å². The van der Waals surface area contributed by atoms with Crippen molar-refractivity contribution in [3.05, 3.63) is 56.7 Å². The van der Waals surface area contributed by atoms with Gasteiger partial charge in [-0.2, -0.15) is 5.26 Å². The fourth-order valence-corrected chi connectivity index (χ4v) is 2.01. The zero-order valence-electron chi connectivity index (χ0n) is 10.6. The number of rotatable bonds is 2. The van der Waals surface area contributed by atoms with Crippen LogP contribution < -0.4 is 5.32 Å². The van der Waals surface area contributed by atoms with Crippen molar-refractivity contribution in [1.29, 1.82) is 5.26 Å². The summed E-state index contributed by atoms with van der Waals surface area (Å²) in [5.41, 5.74) is 2.31. The van der Waals surface area contributed by atoms with Crippen LogP contribution in [0, 0.1) is 21.8 Å². The molecule has 2 rings (SSSR count). The minimum atomic E-state index is -0.324. The highest BCUT2D eigenvalue weighted by atomic mass is 127. The fourth-order valence-electron chi connectivity index (χ4n) is 1.67. The van der Waals surface area contributed by atoms with Gasteiger partial charge in [0.05, 0.1) is 15.2 Å². The molecule has 4 nitrogen and oxygen atoms in total. The number of amides is 1. The van der Waals surface area contributed by atoms with E-state index in [1.807, 2.05) is 35.6 Å². The molecule has 0 aromatic heterocycles. The van der Waals surface area contributed by atoms with Gasteiger partial charge < -0.3 is 10.4 Å². The number of phenols is 1. The summed E-state index contributed by atoms with van der Waals surface area (Å²) in [6.07, 6.45) is 0. The lowest BCUT2D eigenvalue weighted by Gasteiger charge is -2.09. The SMILES string of the molecule is Cc1ccc(C#N)cc1NC(=O)c1ccc(I)c(O)c1. The number of hydrogen-bond donors (Lipinski definition) is 2. The Labute approximate surface area is 130 Å². The average molecular weight is 378 g/mol. The number of benzene rings is 2. The third-order valence-corrected chi connectivity index (χ3v) is 3.74. The van der Waals surface area contributed by atoms with Gasteiger partial charge in [0.15, 0.2) is 0 Å². The van der Waals surface area contributed by atoms with Crippen molar-refractivity contribution in [2.75, 3.05) is 5.32 Å². The van der Waals surface area contributed by atoms with Gasteiger partial charge in [0.25, 0.3) is 5.91 Å². The fraction of sp³-hybridized carbons (Fsp3) is 0.0667. The normalized spacial score (nSPS) is 9.85. The average Bonchev–Trinajstić information content (AvgIpc) is 2.44. The monoisotopic (exact) mass is 378 g/mol. The van der Waals surface area contributed by atoms with Crippen molar-refractivity contribution < 1.29 is 9.90 Å². The van der Waals surface area contributed by atoms with E-state index in [4.69, 9.17) is 5.26 Å². The van der Waals surface area contributed by atoms with Gasteiger partial charge in [-0.3, -0.25) is 4.79 Å². The quantitative estimate of drug-likeness (QED) is 0.787. The Morgan fingerprint density at radius 2 is 2.05 bits per heavy atom. The third-order valence-electron chi connectivity index (χ3n) is 2.82. The van der Waals surface area contributed by atoms with E-state index >= 15 is 0 Å². The third kappa shape index (κ3) is 3.08. The molecular weight excluding hydrogens is 367 g/mol. The number of aromatic hydroxyl groups is 1. The van der Waals surface area contributed by atoms with Crippen LogP contribution in [-0.4, -0.2) is 11.0 Å². The topological polar surface area (TPSA) is 73.1 Å². The second-order valence-electron chi connectivity index (χ2n) is 4.26. The van der Waals surface area contributed by atoms with Gasteiger partial charge in [0, 0.05) is 11.3 Å². The Kier molecular flexibility index (Phi) is 4.25. The van der Waals surface area contributed by atoms with Crippen LogP contribution in [0.2, 0.25) is 0 Å². The summed E-state index contributed by atoms with van der Waals surface area (Å²) in [5.74, 6) is -0.254. The van der Waals surface area contributed by atoms with E-state index in [9.17, 15) is 9.90 Å². The van der Waals surface area contributed by atoms with E-state index in [1.54, 1.807) is 30.3 Å². The molecule has 0 heterocycles. The number of nitriles is 1. The predicted octanol–water partition coefficient (Wildman–Crippen LogP) is 3.43. The molecule has 0 aliphatic rings. The first-order chi connectivity index (χ1) is 9.51. The number of nitrogens with one attached hydrogen (secondary N) is 1. The first-order valence-corrected chi connectivity index (χ1v) is 6.90. The second kappa shape index (κ2) is 5.92. The Morgan fingerprint density at radius 1 is 1.30 bits per heavy atom. The Morgan fingerprint density at radius 3 is 2.70 bits per heavy atom. The van der Waals surface area contributed by atoms with E-state index in [-0.39, 0.29) is 11.7 Å². The number of nitrogens with zero attached hydrogens (tertiary/aromatic N) is 1. The standard InChI is InChI=1S/C15H11IN2O2/c1-9-2-3-10(8-17)6-13(9)18-15(20)11-4-5-12(16)14(19)7-11/h2-7,19H,1H3,(H,18,20). The molecule has 20 heavy (non-hydrogen) atoms. The summed E-state index contributed by atoms with van der Waals surface area (Å²) in [4.78, 5) is 12.1. The summed E-state index contributed by atoms with van der Waals surface area (Å²) in [6.45, 7) is 1.85. The van der Waals surface area contributed by atoms with Crippen LogP contribution in [0.1, 0.15) is 21.5 Å². The summed E-state index contributed by atoms with van der Waals surface area (Å²) < 4.78 is 0.682. The first-order valence-electron chi connectivity index (χ1n) is 5.82. The van der Waals surface area contributed by atoms with Crippen molar-refractivity contribution in [3.8, 4) is 11.8 Å². The first kappa shape index (κ1) is 14.3. The van der Waals surface area contributed by atoms with Gasteiger partial charge in [0.1, 0.15) is 5.75 Å². The van der Waals surface area contributed by atoms with Crippen LogP contribution in [0.15, 0.2) is 36.4 Å². The van der Waals surface area contributed by atoms with Crippen molar-refractivity contribution in [3.63, 3.8) is 0 Å². The molecule has 0 fully saturated rings. The van der Waals surface area contributed by atoms with Crippen molar-refractivity contribution in [2.24, 2.45) is 0 Å². The van der Waals surface area contributed by atoms with Gasteiger partial charge >= 0.3 is 0 Å². The molecule has 0 aliphatic heterocycles. The molecule has 2 aromatic rings. The summed E-state index contributed by atoms with van der Waals surface area (Å²) in [7, 11) is 0. The molecule has 0 saturated carbocycles. The maximum atomic E-state index is 12.1. The van der Waals surface area contributed by atoms with Gasteiger partial charge in [-0.25, -0.2) is 0 Å². The minimum absolute atomic E-state index is 0.0701. The van der Waals surface area contributed by atoms with Crippen LogP contribution in [0.4, 0.5) is 5.69 Å². The Balaban J connectivity index is 2.28. The van der Waals surface area contributed by atoms with Crippen LogP contribution in [0.25, 0.3) is 0 Å². The molecule has 0 atom stereocenters. The lowest BCUT2D eigenvalue weighted by atomic mass is 10.1. The van der Waals surface area contributed by atoms with E-state index in [1.165, 1.54) is 6.07 Å². The molecule has 5 heteroatoms. The highest BCUT2D eigenvalue weighted by molar-refractivity contribution is 14.1. The van der Waals surface area contributed by atoms with Gasteiger partial charge in [-0.1, -0.05) is 6.07 Å². The van der Waals surface area contributed by atoms with Gasteiger partial charge in [-0.15, -0.1) is 0 Å². The number of carbonyl (C=O) groups excluding carboxylic acids is 1. The summed E-state index contributed by atoms with van der Waals surface area (Å²) in [6, 6.07) is 11.9. The maximum Gasteiger partial charge on any atom is 0.255 e. The summed E-state index contributed by atoms with van der Waals surface area (Å²) in [5, 5.41) is 21.2. The smallest absolute Gasteiger partial charge is 0.255 e. The number of aryl methyl sites for hydroxylation is 1. The lowest BCUT2D eigenvalue weighted by Crippen LogP contribution is -2.12. The number of phenolic OH excluding ortho intramolecular Hbond substituents is 1. The van der Waals surface area contributed by atoms with Crippen LogP contribution in [-0.2, 0) is 0 Å². The lowest BCUT2D eigenvalue weighted by molar-refractivity contribution is 0.102. The van der Waals surface area contributed by atoms with Crippen molar-refractivity contribution in [1.82, 2.24) is 0 Å². The zero-order chi connectivity index (χ0) is 14.7. The van der Waals surface area contributed by atoms with E-state index < -0.39 is 0 Å². The molecule has 0 aliphatic carbocycles. The molecule has 0 unspecified atom stereocenters.